The molecular weight excluding hydrogens is 344 g/mol. The molecule has 5 heteroatoms. The van der Waals surface area contributed by atoms with Gasteiger partial charge in [0.2, 0.25) is 0 Å². The average molecular weight is 364 g/mol. The largest absolute Gasteiger partial charge is 0.481 e. The zero-order chi connectivity index (χ0) is 18.1. The summed E-state index contributed by atoms with van der Waals surface area (Å²) in [5.41, 5.74) is 4.83. The molecular formula is C21H20N2O2S. The molecule has 1 aromatic heterocycles. The highest BCUT2D eigenvalue weighted by Crippen LogP contribution is 2.32. The molecule has 0 saturated heterocycles. The maximum absolute atomic E-state index is 11.6. The van der Waals surface area contributed by atoms with Crippen LogP contribution in [0.4, 0.5) is 0 Å². The Morgan fingerprint density at radius 2 is 1.92 bits per heavy atom. The number of aromatic nitrogens is 2. The number of nitrogens with zero attached hydrogens (tertiary/aromatic N) is 2. The first kappa shape index (κ1) is 16.9. The predicted molar refractivity (Wildman–Crippen MR) is 104 cm³/mol. The molecule has 0 fully saturated rings. The van der Waals surface area contributed by atoms with Gasteiger partial charge in [0, 0.05) is 16.9 Å². The summed E-state index contributed by atoms with van der Waals surface area (Å²) in [6, 6.07) is 16.4. The standard InChI is InChI=1S/C21H20N2O2S/c1-26-16-11-9-15(10-12-16)21-18(13-20(24)25)23-17-7-3-2-5-14(17)6-4-8-19(23)22-21/h2-3,5,7,9-12H,4,6,8,13H2,1H3,(H,24,25). The maximum atomic E-state index is 11.6. The van der Waals surface area contributed by atoms with Crippen LogP contribution in [-0.4, -0.2) is 26.9 Å². The SMILES string of the molecule is CSc1ccc(-c2nc3n(c2CC(=O)O)-c2ccccc2CCC3)cc1. The van der Waals surface area contributed by atoms with E-state index in [1.54, 1.807) is 11.8 Å². The molecule has 0 spiro atoms. The minimum Gasteiger partial charge on any atom is -0.481 e. The molecule has 4 rings (SSSR count). The number of carboxylic acids is 1. The molecule has 0 radical (unpaired) electrons. The Labute approximate surface area is 156 Å². The van der Waals surface area contributed by atoms with Crippen molar-refractivity contribution in [3.05, 3.63) is 65.6 Å². The second-order valence-electron chi connectivity index (χ2n) is 6.44. The maximum Gasteiger partial charge on any atom is 0.309 e. The number of hydrogen-bond acceptors (Lipinski definition) is 3. The molecule has 26 heavy (non-hydrogen) atoms. The van der Waals surface area contributed by atoms with Gasteiger partial charge in [-0.1, -0.05) is 30.3 Å². The topological polar surface area (TPSA) is 55.1 Å². The van der Waals surface area contributed by atoms with Gasteiger partial charge < -0.3 is 5.11 Å². The number of carboxylic acid groups (broad SMARTS) is 1. The van der Waals surface area contributed by atoms with Gasteiger partial charge in [-0.15, -0.1) is 11.8 Å². The monoisotopic (exact) mass is 364 g/mol. The Balaban J connectivity index is 1.93. The highest BCUT2D eigenvalue weighted by Gasteiger charge is 2.24. The molecule has 0 saturated carbocycles. The zero-order valence-electron chi connectivity index (χ0n) is 14.6. The van der Waals surface area contributed by atoms with Crippen LogP contribution < -0.4 is 0 Å². The number of aryl methyl sites for hydroxylation is 2. The molecule has 2 aromatic carbocycles. The first-order valence-corrected chi connectivity index (χ1v) is 9.95. The normalized spacial score (nSPS) is 13.0. The third-order valence-electron chi connectivity index (χ3n) is 4.80. The lowest BCUT2D eigenvalue weighted by molar-refractivity contribution is -0.136. The Kier molecular flexibility index (Phi) is 4.55. The van der Waals surface area contributed by atoms with Gasteiger partial charge >= 0.3 is 5.97 Å². The predicted octanol–water partition coefficient (Wildman–Crippen LogP) is 4.38. The fourth-order valence-electron chi connectivity index (χ4n) is 3.62. The average Bonchev–Trinajstić information content (AvgIpc) is 2.89. The Morgan fingerprint density at radius 3 is 2.65 bits per heavy atom. The Bertz CT molecular complexity index is 961. The summed E-state index contributed by atoms with van der Waals surface area (Å²) in [5, 5.41) is 9.51. The number of rotatable bonds is 4. The number of imidazole rings is 1. The van der Waals surface area contributed by atoms with E-state index < -0.39 is 5.97 Å². The molecule has 1 aliphatic heterocycles. The first-order chi connectivity index (χ1) is 12.7. The third-order valence-corrected chi connectivity index (χ3v) is 5.55. The highest BCUT2D eigenvalue weighted by molar-refractivity contribution is 7.98. The van der Waals surface area contributed by atoms with Crippen molar-refractivity contribution >= 4 is 17.7 Å². The lowest BCUT2D eigenvalue weighted by atomic mass is 10.1. The molecule has 1 aliphatic rings. The van der Waals surface area contributed by atoms with Crippen LogP contribution in [0, 0.1) is 0 Å². The van der Waals surface area contributed by atoms with Crippen molar-refractivity contribution < 1.29 is 9.90 Å². The number of aliphatic carboxylic acids is 1. The summed E-state index contributed by atoms with van der Waals surface area (Å²) in [5.74, 6) is 0.117. The first-order valence-electron chi connectivity index (χ1n) is 8.72. The van der Waals surface area contributed by atoms with Crippen LogP contribution in [0.2, 0.25) is 0 Å². The molecule has 3 aromatic rings. The quantitative estimate of drug-likeness (QED) is 0.698. The van der Waals surface area contributed by atoms with Crippen molar-refractivity contribution in [3.8, 4) is 16.9 Å². The zero-order valence-corrected chi connectivity index (χ0v) is 15.4. The third kappa shape index (κ3) is 3.03. The van der Waals surface area contributed by atoms with Crippen molar-refractivity contribution in [2.45, 2.75) is 30.6 Å². The van der Waals surface area contributed by atoms with Gasteiger partial charge in [0.1, 0.15) is 5.82 Å². The molecule has 0 atom stereocenters. The second-order valence-corrected chi connectivity index (χ2v) is 7.32. The molecule has 2 heterocycles. The number of benzene rings is 2. The van der Waals surface area contributed by atoms with E-state index in [-0.39, 0.29) is 6.42 Å². The van der Waals surface area contributed by atoms with Crippen LogP contribution in [0.1, 0.15) is 23.5 Å². The Hall–Kier alpha value is -2.53. The minimum atomic E-state index is -0.837. The van der Waals surface area contributed by atoms with E-state index >= 15 is 0 Å². The van der Waals surface area contributed by atoms with Crippen molar-refractivity contribution in [1.29, 1.82) is 0 Å². The van der Waals surface area contributed by atoms with Crippen LogP contribution in [0.3, 0.4) is 0 Å². The molecule has 0 amide bonds. The summed E-state index contributed by atoms with van der Waals surface area (Å²) >= 11 is 1.69. The van der Waals surface area contributed by atoms with E-state index in [4.69, 9.17) is 4.98 Å². The summed E-state index contributed by atoms with van der Waals surface area (Å²) in [4.78, 5) is 17.7. The second kappa shape index (κ2) is 7.00. The van der Waals surface area contributed by atoms with Gasteiger partial charge in [-0.2, -0.15) is 0 Å². The number of hydrogen-bond donors (Lipinski definition) is 1. The van der Waals surface area contributed by atoms with E-state index in [9.17, 15) is 9.90 Å². The van der Waals surface area contributed by atoms with Gasteiger partial charge in [-0.05, 0) is 42.9 Å². The molecule has 0 bridgehead atoms. The minimum absolute atomic E-state index is 0.0407. The van der Waals surface area contributed by atoms with Crippen LogP contribution in [0.15, 0.2) is 53.4 Å². The summed E-state index contributed by atoms with van der Waals surface area (Å²) < 4.78 is 2.08. The van der Waals surface area contributed by atoms with Gasteiger partial charge in [0.05, 0.1) is 23.5 Å². The fourth-order valence-corrected chi connectivity index (χ4v) is 4.03. The van der Waals surface area contributed by atoms with Crippen LogP contribution >= 0.6 is 11.8 Å². The van der Waals surface area contributed by atoms with Crippen LogP contribution in [0.5, 0.6) is 0 Å². The number of para-hydroxylation sites is 1. The van der Waals surface area contributed by atoms with Crippen molar-refractivity contribution in [3.63, 3.8) is 0 Å². The number of thioether (sulfide) groups is 1. The lowest BCUT2D eigenvalue weighted by Gasteiger charge is -2.13. The summed E-state index contributed by atoms with van der Waals surface area (Å²) in [7, 11) is 0. The van der Waals surface area contributed by atoms with E-state index in [1.807, 2.05) is 30.5 Å². The Morgan fingerprint density at radius 1 is 1.15 bits per heavy atom. The van der Waals surface area contributed by atoms with E-state index in [0.717, 1.165) is 47.7 Å². The summed E-state index contributed by atoms with van der Waals surface area (Å²) in [6.45, 7) is 0. The van der Waals surface area contributed by atoms with E-state index in [1.165, 1.54) is 10.5 Å². The molecule has 132 valence electrons. The fraction of sp³-hybridized carbons (Fsp3) is 0.238. The highest BCUT2D eigenvalue weighted by atomic mass is 32.2. The van der Waals surface area contributed by atoms with Gasteiger partial charge in [0.15, 0.2) is 0 Å². The summed E-state index contributed by atoms with van der Waals surface area (Å²) in [6.07, 6.45) is 4.86. The molecule has 4 nitrogen and oxygen atoms in total. The lowest BCUT2D eigenvalue weighted by Crippen LogP contribution is -2.10. The van der Waals surface area contributed by atoms with Gasteiger partial charge in [-0.25, -0.2) is 4.98 Å². The van der Waals surface area contributed by atoms with Crippen molar-refractivity contribution in [2.24, 2.45) is 0 Å². The van der Waals surface area contributed by atoms with Gasteiger partial charge in [-0.3, -0.25) is 9.36 Å². The smallest absolute Gasteiger partial charge is 0.309 e. The van der Waals surface area contributed by atoms with E-state index in [0.29, 0.717) is 0 Å². The number of fused-ring (bicyclic) bond motifs is 3. The molecule has 1 N–H and O–H groups in total. The van der Waals surface area contributed by atoms with E-state index in [2.05, 4.69) is 28.8 Å². The van der Waals surface area contributed by atoms with Crippen molar-refractivity contribution in [2.75, 3.05) is 6.26 Å². The number of carbonyl (C=O) groups is 1. The molecule has 0 unspecified atom stereocenters. The molecule has 0 aliphatic carbocycles. The van der Waals surface area contributed by atoms with Crippen molar-refractivity contribution in [1.82, 2.24) is 9.55 Å². The van der Waals surface area contributed by atoms with Gasteiger partial charge in [0.25, 0.3) is 0 Å². The van der Waals surface area contributed by atoms with Crippen LogP contribution in [-0.2, 0) is 24.1 Å². The van der Waals surface area contributed by atoms with Crippen LogP contribution in [0.25, 0.3) is 16.9 Å².